The average Bonchev–Trinajstić information content (AvgIpc) is 2.18. The molecular weight excluding hydrogens is 323 g/mol. The summed E-state index contributed by atoms with van der Waals surface area (Å²) in [5.74, 6) is -2.65. The lowest BCUT2D eigenvalue weighted by Crippen LogP contribution is -2.21. The molecule has 0 saturated carbocycles. The minimum Gasteiger partial charge on any atom is -0.479 e. The summed E-state index contributed by atoms with van der Waals surface area (Å²) in [5, 5.41) is 17.9. The van der Waals surface area contributed by atoms with E-state index < -0.39 is 35.4 Å². The monoisotopic (exact) mass is 329 g/mol. The molecule has 1 aromatic rings. The average molecular weight is 330 g/mol. The molecule has 0 spiro atoms. The SMILES string of the molecule is Nc1cc(Br)cc(C(O)C(=O)O)c1OC(F)(F)F. The minimum absolute atomic E-state index is 0.213. The molecule has 0 amide bonds. The summed E-state index contributed by atoms with van der Waals surface area (Å²) in [6.45, 7) is 0. The Morgan fingerprint density at radius 3 is 2.44 bits per heavy atom. The molecule has 0 saturated heterocycles. The Morgan fingerprint density at radius 1 is 1.44 bits per heavy atom. The summed E-state index contributed by atoms with van der Waals surface area (Å²) in [6.07, 6.45) is -7.23. The Hall–Kier alpha value is -1.48. The number of carboxylic acids is 1. The van der Waals surface area contributed by atoms with Crippen molar-refractivity contribution >= 4 is 27.6 Å². The number of aliphatic hydroxyl groups excluding tert-OH is 1. The van der Waals surface area contributed by atoms with Crippen molar-refractivity contribution in [3.63, 3.8) is 0 Å². The van der Waals surface area contributed by atoms with Crippen molar-refractivity contribution < 1.29 is 32.9 Å². The van der Waals surface area contributed by atoms with Crippen LogP contribution in [-0.4, -0.2) is 22.5 Å². The van der Waals surface area contributed by atoms with Gasteiger partial charge in [-0.25, -0.2) is 4.79 Å². The van der Waals surface area contributed by atoms with E-state index in [4.69, 9.17) is 10.8 Å². The third-order valence-electron chi connectivity index (χ3n) is 1.86. The van der Waals surface area contributed by atoms with Gasteiger partial charge in [-0.15, -0.1) is 13.2 Å². The lowest BCUT2D eigenvalue weighted by molar-refractivity contribution is -0.274. The standard InChI is InChI=1S/C9H7BrF3NO4/c10-3-1-4(6(15)8(16)17)7(5(14)2-3)18-9(11,12)13/h1-2,6,15H,14H2,(H,16,17). The molecule has 1 atom stereocenters. The molecule has 9 heteroatoms. The predicted molar refractivity (Wildman–Crippen MR) is 57.8 cm³/mol. The second-order valence-electron chi connectivity index (χ2n) is 3.20. The van der Waals surface area contributed by atoms with Gasteiger partial charge in [0.2, 0.25) is 0 Å². The summed E-state index contributed by atoms with van der Waals surface area (Å²) in [4.78, 5) is 10.6. The lowest BCUT2D eigenvalue weighted by atomic mass is 10.1. The van der Waals surface area contributed by atoms with Crippen LogP contribution in [0.2, 0.25) is 0 Å². The van der Waals surface area contributed by atoms with E-state index in [9.17, 15) is 23.1 Å². The second kappa shape index (κ2) is 5.02. The van der Waals surface area contributed by atoms with E-state index >= 15 is 0 Å². The van der Waals surface area contributed by atoms with Gasteiger partial charge in [-0.1, -0.05) is 15.9 Å². The van der Waals surface area contributed by atoms with Gasteiger partial charge < -0.3 is 20.7 Å². The molecule has 0 fully saturated rings. The molecule has 0 aliphatic rings. The smallest absolute Gasteiger partial charge is 0.479 e. The number of nitrogens with two attached hydrogens (primary N) is 1. The summed E-state index contributed by atoms with van der Waals surface area (Å²) in [6, 6.07) is 2.08. The highest BCUT2D eigenvalue weighted by atomic mass is 79.9. The summed E-state index contributed by atoms with van der Waals surface area (Å²) < 4.78 is 40.3. The van der Waals surface area contributed by atoms with E-state index in [0.29, 0.717) is 0 Å². The van der Waals surface area contributed by atoms with E-state index in [-0.39, 0.29) is 4.47 Å². The molecule has 0 radical (unpaired) electrons. The van der Waals surface area contributed by atoms with Crippen molar-refractivity contribution in [1.82, 2.24) is 0 Å². The number of rotatable bonds is 3. The van der Waals surface area contributed by atoms with Gasteiger partial charge in [0.15, 0.2) is 11.9 Å². The first-order valence-corrected chi connectivity index (χ1v) is 5.16. The number of halogens is 4. The van der Waals surface area contributed by atoms with E-state index in [1.807, 2.05) is 0 Å². The zero-order chi connectivity index (χ0) is 14.1. The maximum Gasteiger partial charge on any atom is 0.573 e. The molecule has 0 aliphatic heterocycles. The fraction of sp³-hybridized carbons (Fsp3) is 0.222. The number of anilines is 1. The first-order chi connectivity index (χ1) is 8.11. The molecule has 0 aliphatic carbocycles. The topological polar surface area (TPSA) is 92.8 Å². The fourth-order valence-corrected chi connectivity index (χ4v) is 1.70. The van der Waals surface area contributed by atoms with Gasteiger partial charge in [0.1, 0.15) is 0 Å². The third-order valence-corrected chi connectivity index (χ3v) is 2.32. The van der Waals surface area contributed by atoms with Crippen molar-refractivity contribution in [2.75, 3.05) is 5.73 Å². The second-order valence-corrected chi connectivity index (χ2v) is 4.12. The number of aliphatic carboxylic acids is 1. The van der Waals surface area contributed by atoms with Gasteiger partial charge >= 0.3 is 12.3 Å². The van der Waals surface area contributed by atoms with E-state index in [1.165, 1.54) is 0 Å². The van der Waals surface area contributed by atoms with Gasteiger partial charge in [0.25, 0.3) is 0 Å². The number of aliphatic hydroxyl groups is 1. The van der Waals surface area contributed by atoms with Crippen molar-refractivity contribution in [3.8, 4) is 5.75 Å². The number of carboxylic acid groups (broad SMARTS) is 1. The Kier molecular flexibility index (Phi) is 4.07. The molecule has 100 valence electrons. The molecule has 0 heterocycles. The van der Waals surface area contributed by atoms with Crippen molar-refractivity contribution in [2.24, 2.45) is 0 Å². The molecule has 0 bridgehead atoms. The van der Waals surface area contributed by atoms with Crippen LogP contribution in [0.3, 0.4) is 0 Å². The molecule has 0 aromatic heterocycles. The van der Waals surface area contributed by atoms with Crippen LogP contribution in [0.5, 0.6) is 5.75 Å². The normalized spacial score (nSPS) is 13.2. The third kappa shape index (κ3) is 3.50. The number of carbonyl (C=O) groups is 1. The Morgan fingerprint density at radius 2 is 2.00 bits per heavy atom. The predicted octanol–water partition coefficient (Wildman–Crippen LogP) is 2.05. The van der Waals surface area contributed by atoms with Crippen LogP contribution in [0, 0.1) is 0 Å². The lowest BCUT2D eigenvalue weighted by Gasteiger charge is -2.17. The largest absolute Gasteiger partial charge is 0.573 e. The van der Waals surface area contributed by atoms with E-state index in [1.54, 1.807) is 0 Å². The summed E-state index contributed by atoms with van der Waals surface area (Å²) in [5.41, 5.74) is 4.27. The number of benzene rings is 1. The molecule has 1 aromatic carbocycles. The van der Waals surface area contributed by atoms with Gasteiger partial charge in [-0.3, -0.25) is 0 Å². The van der Waals surface area contributed by atoms with Gasteiger partial charge in [0, 0.05) is 10.0 Å². The molecule has 18 heavy (non-hydrogen) atoms. The Labute approximate surface area is 107 Å². The number of alkyl halides is 3. The molecule has 4 N–H and O–H groups in total. The van der Waals surface area contributed by atoms with Crippen LogP contribution in [-0.2, 0) is 4.79 Å². The van der Waals surface area contributed by atoms with Gasteiger partial charge in [-0.05, 0) is 12.1 Å². The Bertz CT molecular complexity index is 478. The van der Waals surface area contributed by atoms with Crippen molar-refractivity contribution in [2.45, 2.75) is 12.5 Å². The van der Waals surface area contributed by atoms with Crippen LogP contribution in [0.15, 0.2) is 16.6 Å². The highest BCUT2D eigenvalue weighted by Gasteiger charge is 2.35. The van der Waals surface area contributed by atoms with Crippen LogP contribution < -0.4 is 10.5 Å². The van der Waals surface area contributed by atoms with E-state index in [0.717, 1.165) is 12.1 Å². The number of nitrogen functional groups attached to an aromatic ring is 1. The highest BCUT2D eigenvalue weighted by Crippen LogP contribution is 2.38. The highest BCUT2D eigenvalue weighted by molar-refractivity contribution is 9.10. The summed E-state index contributed by atoms with van der Waals surface area (Å²) in [7, 11) is 0. The van der Waals surface area contributed by atoms with Crippen molar-refractivity contribution in [3.05, 3.63) is 22.2 Å². The van der Waals surface area contributed by atoms with Gasteiger partial charge in [-0.2, -0.15) is 0 Å². The number of ether oxygens (including phenoxy) is 1. The maximum absolute atomic E-state index is 12.1. The zero-order valence-corrected chi connectivity index (χ0v) is 10.1. The van der Waals surface area contributed by atoms with Gasteiger partial charge in [0.05, 0.1) is 5.69 Å². The summed E-state index contributed by atoms with van der Waals surface area (Å²) >= 11 is 2.92. The van der Waals surface area contributed by atoms with Crippen molar-refractivity contribution in [1.29, 1.82) is 0 Å². The van der Waals surface area contributed by atoms with Crippen LogP contribution in [0.4, 0.5) is 18.9 Å². The molecule has 1 rings (SSSR count). The van der Waals surface area contributed by atoms with E-state index in [2.05, 4.69) is 20.7 Å². The number of hydrogen-bond donors (Lipinski definition) is 3. The fourth-order valence-electron chi connectivity index (χ4n) is 1.21. The number of hydrogen-bond acceptors (Lipinski definition) is 4. The first kappa shape index (κ1) is 14.6. The molecule has 1 unspecified atom stereocenters. The minimum atomic E-state index is -5.05. The maximum atomic E-state index is 12.1. The Balaban J connectivity index is 3.34. The first-order valence-electron chi connectivity index (χ1n) is 4.37. The van der Waals surface area contributed by atoms with Crippen LogP contribution >= 0.6 is 15.9 Å². The molecular formula is C9H7BrF3NO4. The quantitative estimate of drug-likeness (QED) is 0.738. The molecule has 5 nitrogen and oxygen atoms in total. The van der Waals surface area contributed by atoms with Crippen LogP contribution in [0.1, 0.15) is 11.7 Å². The zero-order valence-electron chi connectivity index (χ0n) is 8.53. The van der Waals surface area contributed by atoms with Crippen LogP contribution in [0.25, 0.3) is 0 Å².